The molecular weight excluding hydrogens is 322 g/mol. The van der Waals surface area contributed by atoms with E-state index in [0.717, 1.165) is 21.4 Å². The van der Waals surface area contributed by atoms with Crippen molar-refractivity contribution < 1.29 is 14.3 Å². The number of anilines is 1. The number of ketones is 1. The molecule has 0 atom stereocenters. The molecule has 0 saturated carbocycles. The number of allylic oxidation sites excluding steroid dienone is 3. The van der Waals surface area contributed by atoms with E-state index in [1.54, 1.807) is 37.1 Å². The summed E-state index contributed by atoms with van der Waals surface area (Å²) in [5.74, 6) is 1.72. The highest BCUT2D eigenvalue weighted by molar-refractivity contribution is 8.03. The minimum atomic E-state index is -0.0766. The van der Waals surface area contributed by atoms with Crippen LogP contribution in [0.5, 0.6) is 11.5 Å². The van der Waals surface area contributed by atoms with Gasteiger partial charge < -0.3 is 14.4 Å². The number of nitrogens with zero attached hydrogens (tertiary/aromatic N) is 1. The molecule has 0 radical (unpaired) electrons. The number of hydrogen-bond acceptors (Lipinski definition) is 5. The summed E-state index contributed by atoms with van der Waals surface area (Å²) in [4.78, 5) is 15.6. The van der Waals surface area contributed by atoms with Gasteiger partial charge in [-0.15, -0.1) is 0 Å². The van der Waals surface area contributed by atoms with Crippen molar-refractivity contribution in [3.8, 4) is 11.5 Å². The number of thioether (sulfide) groups is 1. The summed E-state index contributed by atoms with van der Waals surface area (Å²) in [5.41, 5.74) is 1.70. The van der Waals surface area contributed by atoms with Crippen molar-refractivity contribution in [1.29, 1.82) is 0 Å². The average Bonchev–Trinajstić information content (AvgIpc) is 3.10. The highest BCUT2D eigenvalue weighted by Gasteiger charge is 2.27. The summed E-state index contributed by atoms with van der Waals surface area (Å²) in [6, 6.07) is 13.3. The van der Waals surface area contributed by atoms with Crippen LogP contribution in [0.25, 0.3) is 0 Å². The molecule has 0 N–H and O–H groups in total. The number of carbonyl (C=O) groups is 1. The second kappa shape index (κ2) is 5.76. The van der Waals surface area contributed by atoms with Crippen LogP contribution in [0.15, 0.2) is 70.3 Å². The zero-order chi connectivity index (χ0) is 16.7. The Hall–Kier alpha value is -2.66. The van der Waals surface area contributed by atoms with Crippen molar-refractivity contribution in [2.24, 2.45) is 0 Å². The lowest BCUT2D eigenvalue weighted by Crippen LogP contribution is -2.09. The van der Waals surface area contributed by atoms with Crippen LogP contribution in [0, 0.1) is 0 Å². The fourth-order valence-electron chi connectivity index (χ4n) is 2.72. The summed E-state index contributed by atoms with van der Waals surface area (Å²) >= 11 is 1.65. The minimum absolute atomic E-state index is 0.0766. The minimum Gasteiger partial charge on any atom is -0.497 e. The van der Waals surface area contributed by atoms with E-state index in [1.165, 1.54) is 0 Å². The number of benzene rings is 2. The molecule has 0 spiro atoms. The lowest BCUT2D eigenvalue weighted by Gasteiger charge is -2.13. The molecule has 4 rings (SSSR count). The molecule has 2 heterocycles. The Kier molecular flexibility index (Phi) is 3.58. The number of ether oxygens (including phenoxy) is 2. The molecule has 24 heavy (non-hydrogen) atoms. The summed E-state index contributed by atoms with van der Waals surface area (Å²) in [7, 11) is 3.65. The van der Waals surface area contributed by atoms with Gasteiger partial charge in [0.05, 0.1) is 23.4 Å². The monoisotopic (exact) mass is 337 g/mol. The fraction of sp³-hybridized carbons (Fsp3) is 0.105. The maximum Gasteiger partial charge on any atom is 0.231 e. The number of hydrogen-bond donors (Lipinski definition) is 0. The highest BCUT2D eigenvalue weighted by Crippen LogP contribution is 2.46. The predicted molar refractivity (Wildman–Crippen MR) is 94.8 cm³/mol. The second-order valence-corrected chi connectivity index (χ2v) is 6.52. The van der Waals surface area contributed by atoms with Crippen LogP contribution in [-0.4, -0.2) is 19.9 Å². The Morgan fingerprint density at radius 1 is 1.17 bits per heavy atom. The Balaban J connectivity index is 1.61. The Labute approximate surface area is 144 Å². The van der Waals surface area contributed by atoms with Crippen molar-refractivity contribution >= 4 is 23.2 Å². The van der Waals surface area contributed by atoms with Gasteiger partial charge in [-0.05, 0) is 36.4 Å². The molecule has 4 nitrogen and oxygen atoms in total. The molecule has 0 fully saturated rings. The molecular formula is C19H15NO3S. The van der Waals surface area contributed by atoms with Gasteiger partial charge in [-0.1, -0.05) is 23.9 Å². The van der Waals surface area contributed by atoms with Gasteiger partial charge in [0.25, 0.3) is 0 Å². The van der Waals surface area contributed by atoms with Crippen molar-refractivity contribution in [2.75, 3.05) is 19.1 Å². The van der Waals surface area contributed by atoms with Crippen LogP contribution in [0.4, 0.5) is 5.69 Å². The van der Waals surface area contributed by atoms with Crippen molar-refractivity contribution in [3.63, 3.8) is 0 Å². The molecule has 2 aromatic carbocycles. The largest absolute Gasteiger partial charge is 0.497 e. The van der Waals surface area contributed by atoms with Crippen LogP contribution in [0.3, 0.4) is 0 Å². The van der Waals surface area contributed by atoms with E-state index in [1.807, 2.05) is 43.5 Å². The van der Waals surface area contributed by atoms with Gasteiger partial charge in [-0.25, -0.2) is 0 Å². The van der Waals surface area contributed by atoms with Gasteiger partial charge in [0.1, 0.15) is 11.5 Å². The van der Waals surface area contributed by atoms with Crippen LogP contribution in [0.2, 0.25) is 0 Å². The summed E-state index contributed by atoms with van der Waals surface area (Å²) < 4.78 is 10.9. The van der Waals surface area contributed by atoms with Gasteiger partial charge in [0.2, 0.25) is 5.78 Å². The van der Waals surface area contributed by atoms with E-state index >= 15 is 0 Å². The smallest absolute Gasteiger partial charge is 0.231 e. The number of Topliss-reactive ketones (excluding diaryl/α,β-unsaturated/α-hetero) is 1. The van der Waals surface area contributed by atoms with Crippen LogP contribution < -0.4 is 14.4 Å². The van der Waals surface area contributed by atoms with Gasteiger partial charge in [-0.2, -0.15) is 0 Å². The normalized spacial score (nSPS) is 18.8. The molecule has 120 valence electrons. The molecule has 2 aliphatic rings. The molecule has 5 heteroatoms. The molecule has 2 aromatic rings. The van der Waals surface area contributed by atoms with Gasteiger partial charge in [0, 0.05) is 18.0 Å². The van der Waals surface area contributed by atoms with Gasteiger partial charge >= 0.3 is 0 Å². The second-order valence-electron chi connectivity index (χ2n) is 5.46. The molecule has 0 amide bonds. The SMILES string of the molecule is COc1ccc2c(c1)N(C)/C(=C/C=C1\Oc3ccccc3C1=O)S2. The van der Waals surface area contributed by atoms with Crippen molar-refractivity contribution in [1.82, 2.24) is 0 Å². The topological polar surface area (TPSA) is 38.8 Å². The van der Waals surface area contributed by atoms with E-state index in [-0.39, 0.29) is 5.78 Å². The molecule has 0 saturated heterocycles. The average molecular weight is 337 g/mol. The first-order valence-corrected chi connectivity index (χ1v) is 8.32. The zero-order valence-electron chi connectivity index (χ0n) is 13.3. The molecule has 2 aliphatic heterocycles. The first-order chi connectivity index (χ1) is 11.7. The van der Waals surface area contributed by atoms with Gasteiger partial charge in [0.15, 0.2) is 5.76 Å². The third-order valence-electron chi connectivity index (χ3n) is 4.03. The fourth-order valence-corrected chi connectivity index (χ4v) is 3.75. The molecule has 0 aliphatic carbocycles. The number of carbonyl (C=O) groups excluding carboxylic acids is 1. The maximum atomic E-state index is 12.3. The Morgan fingerprint density at radius 3 is 2.79 bits per heavy atom. The highest BCUT2D eigenvalue weighted by atomic mass is 32.2. The Morgan fingerprint density at radius 2 is 2.00 bits per heavy atom. The molecule has 0 aromatic heterocycles. The number of rotatable bonds is 2. The van der Waals surface area contributed by atoms with Crippen molar-refractivity contribution in [2.45, 2.75) is 4.90 Å². The first kappa shape index (κ1) is 14.9. The summed E-state index contributed by atoms with van der Waals surface area (Å²) in [6.45, 7) is 0. The number of fused-ring (bicyclic) bond motifs is 2. The third-order valence-corrected chi connectivity index (χ3v) is 5.21. The van der Waals surface area contributed by atoms with Gasteiger partial charge in [-0.3, -0.25) is 4.79 Å². The third kappa shape index (κ3) is 2.37. The standard InChI is InChI=1S/C19H15NO3S/c1-20-14-11-12(22-2)7-9-17(14)24-18(20)10-8-16-19(21)13-5-3-4-6-15(13)23-16/h3-11H,1-2H3/b16-8-,18-10-. The zero-order valence-corrected chi connectivity index (χ0v) is 14.1. The summed E-state index contributed by atoms with van der Waals surface area (Å²) in [5, 5.41) is 1.03. The van der Waals surface area contributed by atoms with E-state index in [4.69, 9.17) is 9.47 Å². The summed E-state index contributed by atoms with van der Waals surface area (Å²) in [6.07, 6.45) is 3.65. The van der Waals surface area contributed by atoms with Crippen LogP contribution in [0.1, 0.15) is 10.4 Å². The lowest BCUT2D eigenvalue weighted by molar-refractivity contribution is 0.101. The number of methoxy groups -OCH3 is 1. The number of para-hydroxylation sites is 1. The van der Waals surface area contributed by atoms with Crippen molar-refractivity contribution in [3.05, 3.63) is 71.0 Å². The van der Waals surface area contributed by atoms with Crippen LogP contribution >= 0.6 is 11.8 Å². The predicted octanol–water partition coefficient (Wildman–Crippen LogP) is 4.24. The maximum absolute atomic E-state index is 12.3. The van der Waals surface area contributed by atoms with E-state index in [0.29, 0.717) is 17.1 Å². The van der Waals surface area contributed by atoms with Crippen LogP contribution in [-0.2, 0) is 0 Å². The lowest BCUT2D eigenvalue weighted by atomic mass is 10.1. The van der Waals surface area contributed by atoms with E-state index in [2.05, 4.69) is 4.90 Å². The first-order valence-electron chi connectivity index (χ1n) is 7.50. The van der Waals surface area contributed by atoms with E-state index in [9.17, 15) is 4.79 Å². The molecule has 0 unspecified atom stereocenters. The molecule has 0 bridgehead atoms. The quantitative estimate of drug-likeness (QED) is 0.767. The van der Waals surface area contributed by atoms with E-state index < -0.39 is 0 Å². The Bertz CT molecular complexity index is 901.